The maximum atomic E-state index is 13.1. The zero-order valence-electron chi connectivity index (χ0n) is 24.6. The monoisotopic (exact) mass is 636 g/mol. The molecule has 0 aromatic heterocycles. The fourth-order valence-corrected chi connectivity index (χ4v) is 6.67. The number of hydrogen-bond acceptors (Lipinski definition) is 8. The molecule has 0 aliphatic carbocycles. The van der Waals surface area contributed by atoms with Crippen molar-refractivity contribution in [2.75, 3.05) is 36.4 Å². The molecule has 0 aliphatic rings. The van der Waals surface area contributed by atoms with E-state index in [1.54, 1.807) is 60.7 Å². The first-order valence-electron chi connectivity index (χ1n) is 13.6. The molecular weight excluding hydrogens is 604 g/mol. The van der Waals surface area contributed by atoms with Crippen LogP contribution in [0, 0.1) is 0 Å². The average Bonchev–Trinajstić information content (AvgIpc) is 3.05. The Labute approximate surface area is 256 Å². The molecule has 2 amide bonds. The van der Waals surface area contributed by atoms with Gasteiger partial charge in [0, 0.05) is 0 Å². The van der Waals surface area contributed by atoms with E-state index in [1.807, 2.05) is 0 Å². The summed E-state index contributed by atoms with van der Waals surface area (Å²) in [6.45, 7) is 3.03. The van der Waals surface area contributed by atoms with Gasteiger partial charge < -0.3 is 20.1 Å². The van der Waals surface area contributed by atoms with Gasteiger partial charge >= 0.3 is 0 Å². The minimum atomic E-state index is -3.63. The van der Waals surface area contributed by atoms with E-state index in [2.05, 4.69) is 10.6 Å². The summed E-state index contributed by atoms with van der Waals surface area (Å²) in [6.07, 6.45) is 0. The van der Waals surface area contributed by atoms with Crippen LogP contribution in [0.15, 0.2) is 94.7 Å². The fourth-order valence-electron chi connectivity index (χ4n) is 4.49. The first-order chi connectivity index (χ1) is 20.9. The van der Waals surface area contributed by atoms with Gasteiger partial charge in [0.25, 0.3) is 11.8 Å². The van der Waals surface area contributed by atoms with Crippen molar-refractivity contribution in [1.82, 2.24) is 0 Å². The van der Waals surface area contributed by atoms with Gasteiger partial charge in [-0.1, -0.05) is 50.2 Å². The number of carbonyl (C=O) groups is 2. The lowest BCUT2D eigenvalue weighted by atomic mass is 10.0. The first kappa shape index (κ1) is 32.2. The van der Waals surface area contributed by atoms with Gasteiger partial charge in [-0.2, -0.15) is 0 Å². The maximum Gasteiger partial charge on any atom is 0.257 e. The average molecular weight is 637 g/mol. The van der Waals surface area contributed by atoms with Crippen LogP contribution < -0.4 is 20.1 Å². The largest absolute Gasteiger partial charge is 0.495 e. The summed E-state index contributed by atoms with van der Waals surface area (Å²) in [6, 6.07) is 22.2. The third-order valence-electron chi connectivity index (χ3n) is 6.93. The molecule has 4 aromatic carbocycles. The van der Waals surface area contributed by atoms with Gasteiger partial charge in [0.2, 0.25) is 0 Å². The molecule has 0 aliphatic heterocycles. The first-order valence-corrected chi connectivity index (χ1v) is 16.9. The molecule has 4 rings (SSSR count). The van der Waals surface area contributed by atoms with Crippen LogP contribution in [0.5, 0.6) is 11.5 Å². The van der Waals surface area contributed by atoms with Crippen molar-refractivity contribution in [2.45, 2.75) is 23.6 Å². The highest BCUT2D eigenvalue weighted by Gasteiger charge is 2.23. The van der Waals surface area contributed by atoms with Crippen LogP contribution in [0.1, 0.15) is 34.6 Å². The smallest absolute Gasteiger partial charge is 0.257 e. The highest BCUT2D eigenvalue weighted by atomic mass is 32.2. The Hall–Kier alpha value is -4.68. The second kappa shape index (κ2) is 13.3. The molecular formula is C32H32N2O8S2. The van der Waals surface area contributed by atoms with E-state index >= 15 is 0 Å². The summed E-state index contributed by atoms with van der Waals surface area (Å²) in [5.74, 6) is -0.823. The zero-order chi connectivity index (χ0) is 32.1. The summed E-state index contributed by atoms with van der Waals surface area (Å²) in [5.41, 5.74) is 2.12. The third kappa shape index (κ3) is 6.76. The summed E-state index contributed by atoms with van der Waals surface area (Å²) in [7, 11) is -4.36. The molecule has 44 heavy (non-hydrogen) atoms. The Bertz CT molecular complexity index is 1800. The molecule has 0 unspecified atom stereocenters. The zero-order valence-corrected chi connectivity index (χ0v) is 26.2. The van der Waals surface area contributed by atoms with Crippen molar-refractivity contribution in [2.24, 2.45) is 0 Å². The fraction of sp³-hybridized carbons (Fsp3) is 0.188. The van der Waals surface area contributed by atoms with E-state index in [1.165, 1.54) is 52.3 Å². The number of nitrogens with one attached hydrogen (secondary N) is 2. The van der Waals surface area contributed by atoms with Crippen LogP contribution in [0.2, 0.25) is 0 Å². The van der Waals surface area contributed by atoms with Crippen LogP contribution >= 0.6 is 0 Å². The predicted molar refractivity (Wildman–Crippen MR) is 169 cm³/mol. The van der Waals surface area contributed by atoms with Crippen LogP contribution in [-0.2, 0) is 19.7 Å². The van der Waals surface area contributed by atoms with Crippen molar-refractivity contribution >= 4 is 42.9 Å². The molecule has 12 heteroatoms. The topological polar surface area (TPSA) is 145 Å². The number of rotatable bonds is 11. The quantitative estimate of drug-likeness (QED) is 0.221. The molecule has 230 valence electrons. The number of ether oxygens (including phenoxy) is 2. The van der Waals surface area contributed by atoms with Gasteiger partial charge in [-0.05, 0) is 59.7 Å². The van der Waals surface area contributed by atoms with E-state index in [0.717, 1.165) is 0 Å². The van der Waals surface area contributed by atoms with Gasteiger partial charge in [-0.25, -0.2) is 16.8 Å². The number of benzene rings is 4. The van der Waals surface area contributed by atoms with E-state index in [9.17, 15) is 26.4 Å². The van der Waals surface area contributed by atoms with Gasteiger partial charge in [0.15, 0.2) is 19.7 Å². The van der Waals surface area contributed by atoms with Crippen LogP contribution in [0.4, 0.5) is 11.4 Å². The van der Waals surface area contributed by atoms with Crippen LogP contribution in [0.3, 0.4) is 0 Å². The van der Waals surface area contributed by atoms with E-state index < -0.39 is 31.5 Å². The third-order valence-corrected chi connectivity index (χ3v) is 10.5. The lowest BCUT2D eigenvalue weighted by molar-refractivity contribution is 0.101. The summed E-state index contributed by atoms with van der Waals surface area (Å²) < 4.78 is 61.1. The molecule has 0 atom stereocenters. The lowest BCUT2D eigenvalue weighted by Crippen LogP contribution is -2.17. The Morgan fingerprint density at radius 1 is 0.591 bits per heavy atom. The second-order valence-electron chi connectivity index (χ2n) is 9.54. The molecule has 0 fully saturated rings. The molecule has 0 radical (unpaired) electrons. The summed E-state index contributed by atoms with van der Waals surface area (Å²) in [4.78, 5) is 26.1. The molecule has 4 aromatic rings. The Balaban J connectivity index is 1.61. The van der Waals surface area contributed by atoms with Gasteiger partial charge in [0.1, 0.15) is 11.5 Å². The van der Waals surface area contributed by atoms with E-state index in [4.69, 9.17) is 9.47 Å². The molecule has 0 saturated heterocycles. The van der Waals surface area contributed by atoms with Crippen LogP contribution in [-0.4, -0.2) is 54.4 Å². The van der Waals surface area contributed by atoms with Crippen molar-refractivity contribution in [3.8, 4) is 22.6 Å². The number of amides is 2. The molecule has 2 N–H and O–H groups in total. The number of methoxy groups -OCH3 is 2. The molecule has 0 bridgehead atoms. The van der Waals surface area contributed by atoms with Crippen molar-refractivity contribution in [3.63, 3.8) is 0 Å². The normalized spacial score (nSPS) is 11.5. The van der Waals surface area contributed by atoms with Gasteiger partial charge in [0.05, 0.1) is 58.0 Å². The molecule has 0 spiro atoms. The Kier molecular flexibility index (Phi) is 9.75. The summed E-state index contributed by atoms with van der Waals surface area (Å²) in [5, 5.41) is 5.48. The minimum absolute atomic E-state index is 0.0257. The molecule has 0 saturated carbocycles. The standard InChI is InChI=1S/C32H32N2O8S2/c1-5-43(37,38)29-13-9-7-11-23(29)31(35)33-25-17-15-21(19-27(25)41-3)22-16-18-26(28(20-22)42-4)34-32(36)24-12-8-10-14-30(24)44(39,40)6-2/h7-20H,5-6H2,1-4H3,(H,33,35)(H,34,36). The number of carbonyl (C=O) groups excluding carboxylic acids is 2. The highest BCUT2D eigenvalue weighted by Crippen LogP contribution is 2.36. The molecule has 0 heterocycles. The molecule has 10 nitrogen and oxygen atoms in total. The number of anilines is 2. The second-order valence-corrected chi connectivity index (χ2v) is 14.0. The summed E-state index contributed by atoms with van der Waals surface area (Å²) >= 11 is 0. The minimum Gasteiger partial charge on any atom is -0.495 e. The van der Waals surface area contributed by atoms with E-state index in [-0.39, 0.29) is 32.4 Å². The lowest BCUT2D eigenvalue weighted by Gasteiger charge is -2.16. The van der Waals surface area contributed by atoms with Gasteiger partial charge in [-0.15, -0.1) is 0 Å². The number of hydrogen-bond donors (Lipinski definition) is 2. The predicted octanol–water partition coefficient (Wildman–Crippen LogP) is 5.46. The van der Waals surface area contributed by atoms with Crippen molar-refractivity contribution in [3.05, 3.63) is 96.1 Å². The highest BCUT2D eigenvalue weighted by molar-refractivity contribution is 7.91. The SMILES string of the molecule is CCS(=O)(=O)c1ccccc1C(=O)Nc1ccc(-c2ccc(NC(=O)c3ccccc3S(=O)(=O)CC)c(OC)c2)cc1OC. The van der Waals surface area contributed by atoms with Crippen molar-refractivity contribution < 1.29 is 35.9 Å². The Morgan fingerprint density at radius 3 is 1.30 bits per heavy atom. The number of sulfone groups is 2. The maximum absolute atomic E-state index is 13.1. The van der Waals surface area contributed by atoms with Crippen LogP contribution in [0.25, 0.3) is 11.1 Å². The van der Waals surface area contributed by atoms with Gasteiger partial charge in [-0.3, -0.25) is 9.59 Å². The van der Waals surface area contributed by atoms with E-state index in [0.29, 0.717) is 34.0 Å². The van der Waals surface area contributed by atoms with Crippen molar-refractivity contribution in [1.29, 1.82) is 0 Å². The Morgan fingerprint density at radius 2 is 0.955 bits per heavy atom.